The molecule has 1 amide bonds. The molecule has 3 aromatic carbocycles. The fourth-order valence-corrected chi connectivity index (χ4v) is 3.70. The van der Waals surface area contributed by atoms with E-state index >= 15 is 0 Å². The molecule has 0 atom stereocenters. The first-order chi connectivity index (χ1) is 17.1. The van der Waals surface area contributed by atoms with E-state index in [-0.39, 0.29) is 12.5 Å². The van der Waals surface area contributed by atoms with Crippen LogP contribution in [0.2, 0.25) is 0 Å². The normalized spacial score (nSPS) is 10.6. The van der Waals surface area contributed by atoms with Crippen LogP contribution in [0.15, 0.2) is 72.8 Å². The first kappa shape index (κ1) is 24.0. The number of ether oxygens (including phenoxy) is 3. The van der Waals surface area contributed by atoms with Crippen LogP contribution in [0.5, 0.6) is 17.2 Å². The van der Waals surface area contributed by atoms with E-state index in [1.54, 1.807) is 18.8 Å². The lowest BCUT2D eigenvalue weighted by atomic mass is 10.2. The molecule has 4 rings (SSSR count). The average Bonchev–Trinajstić information content (AvgIpc) is 3.26. The summed E-state index contributed by atoms with van der Waals surface area (Å²) < 4.78 is 18.6. The van der Waals surface area contributed by atoms with E-state index in [0.717, 1.165) is 22.4 Å². The van der Waals surface area contributed by atoms with Crippen molar-refractivity contribution in [1.82, 2.24) is 20.1 Å². The highest BCUT2D eigenvalue weighted by molar-refractivity contribution is 7.71. The lowest BCUT2D eigenvalue weighted by Crippen LogP contribution is -2.27. The summed E-state index contributed by atoms with van der Waals surface area (Å²) in [5, 5.41) is 9.97. The van der Waals surface area contributed by atoms with Gasteiger partial charge >= 0.3 is 0 Å². The molecule has 0 fully saturated rings. The zero-order chi connectivity index (χ0) is 24.6. The Morgan fingerprint density at radius 3 is 2.46 bits per heavy atom. The van der Waals surface area contributed by atoms with Gasteiger partial charge in [-0.25, -0.2) is 0 Å². The van der Waals surface area contributed by atoms with Gasteiger partial charge in [0.2, 0.25) is 5.91 Å². The lowest BCUT2D eigenvalue weighted by molar-refractivity contribution is -0.121. The number of benzene rings is 3. The predicted octanol–water partition coefficient (Wildman–Crippen LogP) is 4.52. The molecule has 0 aliphatic carbocycles. The summed E-state index contributed by atoms with van der Waals surface area (Å²) in [6.07, 6.45) is 0. The van der Waals surface area contributed by atoms with Gasteiger partial charge in [0.05, 0.1) is 14.2 Å². The Hall–Kier alpha value is -4.11. The van der Waals surface area contributed by atoms with E-state index in [9.17, 15) is 4.79 Å². The first-order valence-electron chi connectivity index (χ1n) is 11.0. The number of nitrogens with one attached hydrogen (secondary N) is 2. The van der Waals surface area contributed by atoms with Gasteiger partial charge in [0.15, 0.2) is 22.1 Å². The standard InChI is InChI=1S/C26H26N4O4S/c1-32-21-11-9-20(10-12-21)25-28-29-26(35)30(25)16-24(31)27-15-19-8-13-22(23(14-19)33-2)34-17-18-6-4-3-5-7-18/h3-14H,15-17H2,1-2H3,(H,27,31)(H,29,35). The maximum atomic E-state index is 12.7. The van der Waals surface area contributed by atoms with Gasteiger partial charge in [0.1, 0.15) is 18.9 Å². The van der Waals surface area contributed by atoms with E-state index < -0.39 is 0 Å². The fourth-order valence-electron chi connectivity index (χ4n) is 3.50. The summed E-state index contributed by atoms with van der Waals surface area (Å²) in [4.78, 5) is 12.7. The summed E-state index contributed by atoms with van der Waals surface area (Å²) in [6, 6.07) is 22.9. The Bertz CT molecular complexity index is 1330. The summed E-state index contributed by atoms with van der Waals surface area (Å²) >= 11 is 5.33. The topological polar surface area (TPSA) is 90.4 Å². The van der Waals surface area contributed by atoms with E-state index in [4.69, 9.17) is 26.4 Å². The van der Waals surface area contributed by atoms with Crippen LogP contribution in [0.25, 0.3) is 11.4 Å². The third kappa shape index (κ3) is 6.07. The first-order valence-corrected chi connectivity index (χ1v) is 11.4. The Morgan fingerprint density at radius 2 is 1.74 bits per heavy atom. The molecular weight excluding hydrogens is 464 g/mol. The van der Waals surface area contributed by atoms with Crippen molar-refractivity contribution >= 4 is 18.1 Å². The zero-order valence-corrected chi connectivity index (χ0v) is 20.3. The lowest BCUT2D eigenvalue weighted by Gasteiger charge is -2.13. The van der Waals surface area contributed by atoms with Crippen LogP contribution in [0, 0.1) is 4.77 Å². The zero-order valence-electron chi connectivity index (χ0n) is 19.5. The number of methoxy groups -OCH3 is 2. The molecule has 180 valence electrons. The number of H-pyrrole nitrogens is 1. The van der Waals surface area contributed by atoms with Crippen LogP contribution in [-0.2, 0) is 24.5 Å². The van der Waals surface area contributed by atoms with Crippen molar-refractivity contribution in [2.45, 2.75) is 19.7 Å². The van der Waals surface area contributed by atoms with Crippen molar-refractivity contribution in [3.05, 3.63) is 88.7 Å². The minimum Gasteiger partial charge on any atom is -0.497 e. The molecule has 1 heterocycles. The van der Waals surface area contributed by atoms with Gasteiger partial charge in [0, 0.05) is 12.1 Å². The highest BCUT2D eigenvalue weighted by atomic mass is 32.1. The molecule has 2 N–H and O–H groups in total. The number of amides is 1. The van der Waals surface area contributed by atoms with E-state index in [1.807, 2.05) is 72.8 Å². The summed E-state index contributed by atoms with van der Waals surface area (Å²) in [6.45, 7) is 0.804. The van der Waals surface area contributed by atoms with Gasteiger partial charge < -0.3 is 19.5 Å². The van der Waals surface area contributed by atoms with E-state index in [0.29, 0.717) is 35.2 Å². The minimum atomic E-state index is -0.194. The van der Waals surface area contributed by atoms with Crippen LogP contribution in [0.1, 0.15) is 11.1 Å². The molecule has 9 heteroatoms. The van der Waals surface area contributed by atoms with Gasteiger partial charge in [-0.1, -0.05) is 36.4 Å². The molecule has 0 aliphatic heterocycles. The molecule has 0 saturated carbocycles. The summed E-state index contributed by atoms with van der Waals surface area (Å²) in [5.41, 5.74) is 2.77. The molecule has 0 unspecified atom stereocenters. The highest BCUT2D eigenvalue weighted by Gasteiger charge is 2.13. The Kier molecular flexibility index (Phi) is 7.79. The van der Waals surface area contributed by atoms with Crippen LogP contribution in [0.4, 0.5) is 0 Å². The number of hydrogen-bond donors (Lipinski definition) is 2. The second kappa shape index (κ2) is 11.3. The predicted molar refractivity (Wildman–Crippen MR) is 135 cm³/mol. The molecular formula is C26H26N4O4S. The molecule has 4 aromatic rings. The van der Waals surface area contributed by atoms with Crippen molar-refractivity contribution in [3.63, 3.8) is 0 Å². The minimum absolute atomic E-state index is 0.0338. The number of rotatable bonds is 10. The second-order valence-electron chi connectivity index (χ2n) is 7.70. The van der Waals surface area contributed by atoms with Gasteiger partial charge in [-0.3, -0.25) is 14.5 Å². The largest absolute Gasteiger partial charge is 0.497 e. The van der Waals surface area contributed by atoms with Crippen LogP contribution >= 0.6 is 12.2 Å². The third-order valence-electron chi connectivity index (χ3n) is 5.36. The van der Waals surface area contributed by atoms with Crippen molar-refractivity contribution in [2.75, 3.05) is 14.2 Å². The second-order valence-corrected chi connectivity index (χ2v) is 8.09. The Balaban J connectivity index is 1.38. The summed E-state index contributed by atoms with van der Waals surface area (Å²) in [5.74, 6) is 2.36. The van der Waals surface area contributed by atoms with Crippen molar-refractivity contribution in [1.29, 1.82) is 0 Å². The van der Waals surface area contributed by atoms with Crippen molar-refractivity contribution in [3.8, 4) is 28.6 Å². The number of aromatic amines is 1. The van der Waals surface area contributed by atoms with Gasteiger partial charge in [-0.15, -0.1) is 0 Å². The number of carbonyl (C=O) groups is 1. The van der Waals surface area contributed by atoms with E-state index in [1.165, 1.54) is 0 Å². The molecule has 0 radical (unpaired) electrons. The number of nitrogens with zero attached hydrogens (tertiary/aromatic N) is 2. The molecule has 0 bridgehead atoms. The van der Waals surface area contributed by atoms with Gasteiger partial charge in [-0.05, 0) is 59.7 Å². The monoisotopic (exact) mass is 490 g/mol. The Labute approximate surface area is 208 Å². The van der Waals surface area contributed by atoms with Gasteiger partial charge in [-0.2, -0.15) is 5.10 Å². The molecule has 0 saturated heterocycles. The van der Waals surface area contributed by atoms with Crippen molar-refractivity contribution in [2.24, 2.45) is 0 Å². The number of aromatic nitrogens is 3. The van der Waals surface area contributed by atoms with Crippen LogP contribution in [0.3, 0.4) is 0 Å². The molecule has 0 spiro atoms. The maximum Gasteiger partial charge on any atom is 0.240 e. The molecule has 0 aliphatic rings. The SMILES string of the molecule is COc1ccc(-c2n[nH]c(=S)n2CC(=O)NCc2ccc(OCc3ccccc3)c(OC)c2)cc1. The third-order valence-corrected chi connectivity index (χ3v) is 5.67. The van der Waals surface area contributed by atoms with Crippen LogP contribution < -0.4 is 19.5 Å². The van der Waals surface area contributed by atoms with E-state index in [2.05, 4.69) is 15.5 Å². The molecule has 8 nitrogen and oxygen atoms in total. The highest BCUT2D eigenvalue weighted by Crippen LogP contribution is 2.29. The van der Waals surface area contributed by atoms with Gasteiger partial charge in [0.25, 0.3) is 0 Å². The average molecular weight is 491 g/mol. The quantitative estimate of drug-likeness (QED) is 0.318. The molecule has 35 heavy (non-hydrogen) atoms. The number of carbonyl (C=O) groups excluding carboxylic acids is 1. The number of hydrogen-bond acceptors (Lipinski definition) is 6. The Morgan fingerprint density at radius 1 is 0.971 bits per heavy atom. The van der Waals surface area contributed by atoms with Crippen LogP contribution in [-0.4, -0.2) is 34.9 Å². The maximum absolute atomic E-state index is 12.7. The smallest absolute Gasteiger partial charge is 0.240 e. The molecule has 1 aromatic heterocycles. The van der Waals surface area contributed by atoms with Crippen molar-refractivity contribution < 1.29 is 19.0 Å². The fraction of sp³-hybridized carbons (Fsp3) is 0.192. The summed E-state index contributed by atoms with van der Waals surface area (Å²) in [7, 11) is 3.20.